The number of ether oxygens (including phenoxy) is 4. The third kappa shape index (κ3) is 17.2. The first-order chi connectivity index (χ1) is 10.2. The summed E-state index contributed by atoms with van der Waals surface area (Å²) in [4.78, 5) is 11.3. The average Bonchev–Trinajstić information content (AvgIpc) is 2.45. The highest BCUT2D eigenvalue weighted by Gasteiger charge is 2.00. The minimum absolute atomic E-state index is 0.00346. The van der Waals surface area contributed by atoms with Crippen molar-refractivity contribution in [3.8, 4) is 0 Å². The normalized spacial score (nSPS) is 12.3. The molecule has 0 spiro atoms. The quantitative estimate of drug-likeness (QED) is 0.316. The van der Waals surface area contributed by atoms with Crippen LogP contribution in [0.4, 0.5) is 0 Å². The van der Waals surface area contributed by atoms with Crippen molar-refractivity contribution >= 4 is 5.91 Å². The molecule has 0 aliphatic rings. The summed E-state index contributed by atoms with van der Waals surface area (Å²) in [5, 5.41) is 11.6. The molecule has 1 atom stereocenters. The summed E-state index contributed by atoms with van der Waals surface area (Å²) in [7, 11) is 0. The molecule has 0 bridgehead atoms. The SMILES string of the molecule is C[C@@H](O)COCCOCCNC(=O)COCCOCCN. The Hall–Kier alpha value is -0.770. The summed E-state index contributed by atoms with van der Waals surface area (Å²) in [6, 6.07) is 0. The van der Waals surface area contributed by atoms with E-state index in [0.29, 0.717) is 59.3 Å². The highest BCUT2D eigenvalue weighted by Crippen LogP contribution is 1.84. The predicted molar refractivity (Wildman–Crippen MR) is 77.0 cm³/mol. The molecule has 0 aromatic carbocycles. The number of hydrogen-bond donors (Lipinski definition) is 3. The minimum atomic E-state index is -0.468. The van der Waals surface area contributed by atoms with Gasteiger partial charge in [0.05, 0.1) is 52.4 Å². The molecule has 1 amide bonds. The smallest absolute Gasteiger partial charge is 0.246 e. The lowest BCUT2D eigenvalue weighted by Crippen LogP contribution is -2.31. The molecule has 0 aromatic heterocycles. The summed E-state index contributed by atoms with van der Waals surface area (Å²) < 4.78 is 20.6. The fraction of sp³-hybridized carbons (Fsp3) is 0.923. The zero-order valence-corrected chi connectivity index (χ0v) is 12.7. The number of nitrogens with two attached hydrogens (primary N) is 1. The Balaban J connectivity index is 3.16. The number of hydrogen-bond acceptors (Lipinski definition) is 7. The molecule has 0 heterocycles. The Kier molecular flexibility index (Phi) is 15.0. The van der Waals surface area contributed by atoms with Gasteiger partial charge in [-0.15, -0.1) is 0 Å². The van der Waals surface area contributed by atoms with Crippen LogP contribution in [0.15, 0.2) is 0 Å². The summed E-state index contributed by atoms with van der Waals surface area (Å²) in [5.41, 5.74) is 5.25. The summed E-state index contributed by atoms with van der Waals surface area (Å²) in [6.45, 7) is 5.40. The van der Waals surface area contributed by atoms with Gasteiger partial charge in [-0.25, -0.2) is 0 Å². The van der Waals surface area contributed by atoms with E-state index >= 15 is 0 Å². The second-order valence-electron chi connectivity index (χ2n) is 4.34. The lowest BCUT2D eigenvalue weighted by molar-refractivity contribution is -0.126. The van der Waals surface area contributed by atoms with Gasteiger partial charge in [0.25, 0.3) is 0 Å². The molecule has 0 radical (unpaired) electrons. The van der Waals surface area contributed by atoms with Crippen LogP contribution in [0.25, 0.3) is 0 Å². The Morgan fingerprint density at radius 1 is 1.05 bits per heavy atom. The topological polar surface area (TPSA) is 112 Å². The number of carbonyl (C=O) groups excluding carboxylic acids is 1. The van der Waals surface area contributed by atoms with Crippen molar-refractivity contribution in [1.82, 2.24) is 5.32 Å². The van der Waals surface area contributed by atoms with E-state index < -0.39 is 6.10 Å². The van der Waals surface area contributed by atoms with Crippen molar-refractivity contribution in [3.63, 3.8) is 0 Å². The molecule has 0 rings (SSSR count). The number of amides is 1. The highest BCUT2D eigenvalue weighted by atomic mass is 16.5. The predicted octanol–water partition coefficient (Wildman–Crippen LogP) is -1.49. The largest absolute Gasteiger partial charge is 0.391 e. The van der Waals surface area contributed by atoms with Crippen LogP contribution in [0.5, 0.6) is 0 Å². The number of carbonyl (C=O) groups is 1. The molecule has 0 aliphatic carbocycles. The van der Waals surface area contributed by atoms with Crippen molar-refractivity contribution in [3.05, 3.63) is 0 Å². The van der Waals surface area contributed by atoms with Crippen molar-refractivity contribution in [2.45, 2.75) is 13.0 Å². The fourth-order valence-corrected chi connectivity index (χ4v) is 1.26. The molecule has 126 valence electrons. The van der Waals surface area contributed by atoms with E-state index in [-0.39, 0.29) is 12.5 Å². The van der Waals surface area contributed by atoms with Crippen LogP contribution in [0.1, 0.15) is 6.92 Å². The second kappa shape index (κ2) is 15.6. The average molecular weight is 308 g/mol. The molecule has 0 unspecified atom stereocenters. The van der Waals surface area contributed by atoms with Crippen LogP contribution in [0.3, 0.4) is 0 Å². The van der Waals surface area contributed by atoms with Gasteiger partial charge < -0.3 is 35.1 Å². The van der Waals surface area contributed by atoms with E-state index in [0.717, 1.165) is 0 Å². The molecule has 0 saturated heterocycles. The maximum absolute atomic E-state index is 11.3. The maximum Gasteiger partial charge on any atom is 0.246 e. The van der Waals surface area contributed by atoms with Crippen molar-refractivity contribution in [2.75, 3.05) is 65.9 Å². The van der Waals surface area contributed by atoms with E-state index in [2.05, 4.69) is 5.32 Å². The van der Waals surface area contributed by atoms with Gasteiger partial charge in [-0.05, 0) is 6.92 Å². The molecule has 21 heavy (non-hydrogen) atoms. The second-order valence-corrected chi connectivity index (χ2v) is 4.34. The van der Waals surface area contributed by atoms with Crippen LogP contribution in [-0.4, -0.2) is 83.1 Å². The summed E-state index contributed by atoms with van der Waals surface area (Å²) in [5.74, 6) is -0.192. The molecule has 0 saturated carbocycles. The molecule has 0 aromatic rings. The van der Waals surface area contributed by atoms with E-state index in [1.165, 1.54) is 0 Å². The monoisotopic (exact) mass is 308 g/mol. The van der Waals surface area contributed by atoms with Gasteiger partial charge in [0.1, 0.15) is 6.61 Å². The molecule has 4 N–H and O–H groups in total. The van der Waals surface area contributed by atoms with Gasteiger partial charge in [0.2, 0.25) is 5.91 Å². The molecule has 0 aliphatic heterocycles. The zero-order chi connectivity index (χ0) is 15.8. The highest BCUT2D eigenvalue weighted by molar-refractivity contribution is 5.77. The number of aliphatic hydroxyl groups is 1. The molecular formula is C13H28N2O6. The number of nitrogens with one attached hydrogen (secondary N) is 1. The number of rotatable bonds is 15. The molecule has 8 nitrogen and oxygen atoms in total. The van der Waals surface area contributed by atoms with Crippen LogP contribution < -0.4 is 11.1 Å². The first-order valence-electron chi connectivity index (χ1n) is 7.12. The van der Waals surface area contributed by atoms with E-state index in [4.69, 9.17) is 29.8 Å². The molecule has 0 fully saturated rings. The van der Waals surface area contributed by atoms with Crippen molar-refractivity contribution in [1.29, 1.82) is 0 Å². The van der Waals surface area contributed by atoms with E-state index in [1.807, 2.05) is 0 Å². The van der Waals surface area contributed by atoms with Crippen molar-refractivity contribution < 1.29 is 28.8 Å². The lowest BCUT2D eigenvalue weighted by atomic mass is 10.4. The minimum Gasteiger partial charge on any atom is -0.391 e. The van der Waals surface area contributed by atoms with Gasteiger partial charge in [-0.1, -0.05) is 0 Å². The van der Waals surface area contributed by atoms with E-state index in [9.17, 15) is 4.79 Å². The first-order valence-corrected chi connectivity index (χ1v) is 7.12. The van der Waals surface area contributed by atoms with E-state index in [1.54, 1.807) is 6.92 Å². The molecular weight excluding hydrogens is 280 g/mol. The Morgan fingerprint density at radius 2 is 1.67 bits per heavy atom. The Labute approximate surface area is 125 Å². The van der Waals surface area contributed by atoms with Gasteiger partial charge >= 0.3 is 0 Å². The van der Waals surface area contributed by atoms with Crippen LogP contribution in [0, 0.1) is 0 Å². The lowest BCUT2D eigenvalue weighted by Gasteiger charge is -2.08. The first kappa shape index (κ1) is 20.2. The fourth-order valence-electron chi connectivity index (χ4n) is 1.26. The Morgan fingerprint density at radius 3 is 2.33 bits per heavy atom. The third-order valence-corrected chi connectivity index (χ3v) is 2.17. The van der Waals surface area contributed by atoms with Crippen LogP contribution >= 0.6 is 0 Å². The van der Waals surface area contributed by atoms with Crippen LogP contribution in [-0.2, 0) is 23.7 Å². The standard InChI is InChI=1S/C13H28N2O6/c1-12(16)10-20-8-7-19-5-3-15-13(17)11-21-9-6-18-4-2-14/h12,16H,2-11,14H2,1H3,(H,15,17)/t12-/m1/s1. The molecule has 8 heteroatoms. The summed E-state index contributed by atoms with van der Waals surface area (Å²) >= 11 is 0. The van der Waals surface area contributed by atoms with Gasteiger partial charge in [0, 0.05) is 13.1 Å². The van der Waals surface area contributed by atoms with Crippen molar-refractivity contribution in [2.24, 2.45) is 5.73 Å². The zero-order valence-electron chi connectivity index (χ0n) is 12.7. The van der Waals surface area contributed by atoms with Crippen LogP contribution in [0.2, 0.25) is 0 Å². The maximum atomic E-state index is 11.3. The Bertz CT molecular complexity index is 241. The summed E-state index contributed by atoms with van der Waals surface area (Å²) in [6.07, 6.45) is -0.468. The third-order valence-electron chi connectivity index (χ3n) is 2.17. The van der Waals surface area contributed by atoms with Gasteiger partial charge in [0.15, 0.2) is 0 Å². The van der Waals surface area contributed by atoms with Gasteiger partial charge in [-0.2, -0.15) is 0 Å². The number of aliphatic hydroxyl groups excluding tert-OH is 1. The van der Waals surface area contributed by atoms with Gasteiger partial charge in [-0.3, -0.25) is 4.79 Å².